The Hall–Kier alpha value is -3.09. The topological polar surface area (TPSA) is 88.8 Å². The molecule has 0 radical (unpaired) electrons. The van der Waals surface area contributed by atoms with Crippen LogP contribution in [0.15, 0.2) is 47.1 Å². The van der Waals surface area contributed by atoms with E-state index in [9.17, 15) is 14.4 Å². The normalized spacial score (nSPS) is 14.6. The van der Waals surface area contributed by atoms with Crippen LogP contribution in [0.25, 0.3) is 0 Å². The van der Waals surface area contributed by atoms with E-state index in [-0.39, 0.29) is 24.3 Å². The number of nitrogens with one attached hydrogen (secondary N) is 1. The van der Waals surface area contributed by atoms with Gasteiger partial charge in [-0.2, -0.15) is 0 Å². The Balaban J connectivity index is 1.43. The van der Waals surface area contributed by atoms with Gasteiger partial charge in [0.15, 0.2) is 6.61 Å². The number of amides is 2. The van der Waals surface area contributed by atoms with Crippen molar-refractivity contribution in [2.45, 2.75) is 19.8 Å². The fourth-order valence-corrected chi connectivity index (χ4v) is 3.05. The molecule has 7 nitrogen and oxygen atoms in total. The number of anilines is 1. The third-order valence-corrected chi connectivity index (χ3v) is 4.67. The predicted molar refractivity (Wildman–Crippen MR) is 98.1 cm³/mol. The van der Waals surface area contributed by atoms with Crippen molar-refractivity contribution in [3.05, 3.63) is 54.0 Å². The molecule has 1 N–H and O–H groups in total. The molecule has 0 aliphatic carbocycles. The van der Waals surface area contributed by atoms with Gasteiger partial charge in [0, 0.05) is 24.7 Å². The SMILES string of the molecule is Cc1occc1C(=O)OCC(=O)N1CCC(C(=O)Nc2ccccc2)CC1. The number of para-hydroxylation sites is 1. The number of esters is 1. The summed E-state index contributed by atoms with van der Waals surface area (Å²) < 4.78 is 10.1. The Morgan fingerprint density at radius 2 is 1.85 bits per heavy atom. The Labute approximate surface area is 157 Å². The fraction of sp³-hybridized carbons (Fsp3) is 0.350. The summed E-state index contributed by atoms with van der Waals surface area (Å²) in [6.45, 7) is 2.27. The van der Waals surface area contributed by atoms with Gasteiger partial charge >= 0.3 is 5.97 Å². The molecule has 2 aromatic rings. The highest BCUT2D eigenvalue weighted by Gasteiger charge is 2.28. The lowest BCUT2D eigenvalue weighted by Crippen LogP contribution is -2.43. The van der Waals surface area contributed by atoms with Crippen molar-refractivity contribution in [2.75, 3.05) is 25.0 Å². The smallest absolute Gasteiger partial charge is 0.342 e. The average molecular weight is 370 g/mol. The number of nitrogens with zero attached hydrogens (tertiary/aromatic N) is 1. The minimum Gasteiger partial charge on any atom is -0.469 e. The lowest BCUT2D eigenvalue weighted by Gasteiger charge is -2.31. The molecule has 0 atom stereocenters. The van der Waals surface area contributed by atoms with Gasteiger partial charge in [-0.25, -0.2) is 4.79 Å². The van der Waals surface area contributed by atoms with E-state index >= 15 is 0 Å². The average Bonchev–Trinajstić information content (AvgIpc) is 3.12. The van der Waals surface area contributed by atoms with E-state index in [1.807, 2.05) is 30.3 Å². The van der Waals surface area contributed by atoms with Gasteiger partial charge in [-0.05, 0) is 38.0 Å². The number of hydrogen-bond acceptors (Lipinski definition) is 5. The lowest BCUT2D eigenvalue weighted by molar-refractivity contribution is -0.137. The molecule has 0 unspecified atom stereocenters. The van der Waals surface area contributed by atoms with Gasteiger partial charge in [-0.15, -0.1) is 0 Å². The van der Waals surface area contributed by atoms with Gasteiger partial charge in [-0.3, -0.25) is 9.59 Å². The Bertz CT molecular complexity index is 807. The molecular weight excluding hydrogens is 348 g/mol. The molecule has 2 heterocycles. The summed E-state index contributed by atoms with van der Waals surface area (Å²) in [6.07, 6.45) is 2.57. The number of carbonyl (C=O) groups is 3. The zero-order chi connectivity index (χ0) is 19.2. The summed E-state index contributed by atoms with van der Waals surface area (Å²) in [6, 6.07) is 10.8. The molecule has 1 aromatic carbocycles. The van der Waals surface area contributed by atoms with Crippen LogP contribution in [0.5, 0.6) is 0 Å². The van der Waals surface area contributed by atoms with E-state index < -0.39 is 5.97 Å². The summed E-state index contributed by atoms with van der Waals surface area (Å²) in [5.74, 6) is -0.545. The zero-order valence-corrected chi connectivity index (χ0v) is 15.1. The number of ether oxygens (including phenoxy) is 1. The highest BCUT2D eigenvalue weighted by atomic mass is 16.5. The fourth-order valence-electron chi connectivity index (χ4n) is 3.05. The molecule has 1 fully saturated rings. The molecule has 1 saturated heterocycles. The Kier molecular flexibility index (Phi) is 5.90. The van der Waals surface area contributed by atoms with Crippen molar-refractivity contribution >= 4 is 23.5 Å². The minimum absolute atomic E-state index is 0.0323. The second-order valence-corrected chi connectivity index (χ2v) is 6.48. The molecule has 7 heteroatoms. The minimum atomic E-state index is -0.577. The maximum Gasteiger partial charge on any atom is 0.342 e. The molecular formula is C20H22N2O5. The summed E-state index contributed by atoms with van der Waals surface area (Å²) in [5, 5.41) is 2.90. The predicted octanol–water partition coefficient (Wildman–Crippen LogP) is 2.62. The van der Waals surface area contributed by atoms with Gasteiger partial charge in [0.2, 0.25) is 5.91 Å². The number of likely N-dealkylation sites (tertiary alicyclic amines) is 1. The first-order chi connectivity index (χ1) is 13.0. The molecule has 142 valence electrons. The maximum absolute atomic E-state index is 12.3. The van der Waals surface area contributed by atoms with E-state index in [0.717, 1.165) is 5.69 Å². The largest absolute Gasteiger partial charge is 0.469 e. The van der Waals surface area contributed by atoms with Gasteiger partial charge in [0.05, 0.1) is 6.26 Å². The third-order valence-electron chi connectivity index (χ3n) is 4.67. The number of aryl methyl sites for hydroxylation is 1. The molecule has 0 bridgehead atoms. The molecule has 27 heavy (non-hydrogen) atoms. The quantitative estimate of drug-likeness (QED) is 0.818. The zero-order valence-electron chi connectivity index (χ0n) is 15.1. The van der Waals surface area contributed by atoms with E-state index in [1.165, 1.54) is 12.3 Å². The first-order valence-corrected chi connectivity index (χ1v) is 8.89. The monoisotopic (exact) mass is 370 g/mol. The van der Waals surface area contributed by atoms with Crippen LogP contribution < -0.4 is 5.32 Å². The van der Waals surface area contributed by atoms with Gasteiger partial charge < -0.3 is 19.4 Å². The Morgan fingerprint density at radius 3 is 2.48 bits per heavy atom. The van der Waals surface area contributed by atoms with Crippen LogP contribution in [0.4, 0.5) is 5.69 Å². The summed E-state index contributed by atoms with van der Waals surface area (Å²) in [4.78, 5) is 38.1. The number of hydrogen-bond donors (Lipinski definition) is 1. The number of piperidine rings is 1. The second-order valence-electron chi connectivity index (χ2n) is 6.48. The molecule has 1 aliphatic rings. The van der Waals surface area contributed by atoms with E-state index in [1.54, 1.807) is 11.8 Å². The van der Waals surface area contributed by atoms with Crippen LogP contribution in [-0.2, 0) is 14.3 Å². The Morgan fingerprint density at radius 1 is 1.15 bits per heavy atom. The highest BCUT2D eigenvalue weighted by Crippen LogP contribution is 2.20. The molecule has 0 saturated carbocycles. The van der Waals surface area contributed by atoms with E-state index in [2.05, 4.69) is 5.32 Å². The van der Waals surface area contributed by atoms with Crippen LogP contribution in [0, 0.1) is 12.8 Å². The van der Waals surface area contributed by atoms with Gasteiger partial charge in [0.25, 0.3) is 5.91 Å². The van der Waals surface area contributed by atoms with Crippen molar-refractivity contribution in [1.82, 2.24) is 4.90 Å². The molecule has 0 spiro atoms. The van der Waals surface area contributed by atoms with Crippen molar-refractivity contribution in [3.63, 3.8) is 0 Å². The van der Waals surface area contributed by atoms with Crippen LogP contribution in [0.1, 0.15) is 29.0 Å². The maximum atomic E-state index is 12.3. The lowest BCUT2D eigenvalue weighted by atomic mass is 9.95. The molecule has 2 amide bonds. The molecule has 3 rings (SSSR count). The molecule has 1 aliphatic heterocycles. The number of furan rings is 1. The van der Waals surface area contributed by atoms with Crippen LogP contribution in [0.3, 0.4) is 0 Å². The first-order valence-electron chi connectivity index (χ1n) is 8.89. The second kappa shape index (κ2) is 8.53. The number of rotatable bonds is 5. The van der Waals surface area contributed by atoms with Gasteiger partial charge in [-0.1, -0.05) is 18.2 Å². The number of benzene rings is 1. The summed E-state index contributed by atoms with van der Waals surface area (Å²) in [7, 11) is 0. The van der Waals surface area contributed by atoms with E-state index in [0.29, 0.717) is 37.3 Å². The summed E-state index contributed by atoms with van der Waals surface area (Å²) in [5.41, 5.74) is 1.08. The van der Waals surface area contributed by atoms with Crippen molar-refractivity contribution in [1.29, 1.82) is 0 Å². The van der Waals surface area contributed by atoms with Crippen LogP contribution in [0.2, 0.25) is 0 Å². The highest BCUT2D eigenvalue weighted by molar-refractivity contribution is 5.93. The van der Waals surface area contributed by atoms with E-state index in [4.69, 9.17) is 9.15 Å². The first kappa shape index (κ1) is 18.7. The van der Waals surface area contributed by atoms with Crippen molar-refractivity contribution < 1.29 is 23.5 Å². The number of carbonyl (C=O) groups excluding carboxylic acids is 3. The van der Waals surface area contributed by atoms with Crippen LogP contribution in [-0.4, -0.2) is 42.4 Å². The van der Waals surface area contributed by atoms with Gasteiger partial charge in [0.1, 0.15) is 11.3 Å². The van der Waals surface area contributed by atoms with Crippen molar-refractivity contribution in [3.8, 4) is 0 Å². The summed E-state index contributed by atoms with van der Waals surface area (Å²) >= 11 is 0. The third kappa shape index (κ3) is 4.75. The standard InChI is InChI=1S/C20H22N2O5/c1-14-17(9-12-26-14)20(25)27-13-18(23)22-10-7-15(8-11-22)19(24)21-16-5-3-2-4-6-16/h2-6,9,12,15H,7-8,10-11,13H2,1H3,(H,21,24). The molecule has 1 aromatic heterocycles. The van der Waals surface area contributed by atoms with Crippen LogP contribution >= 0.6 is 0 Å². The van der Waals surface area contributed by atoms with Crippen molar-refractivity contribution in [2.24, 2.45) is 5.92 Å².